The number of benzene rings is 4. The standard InChI is InChI=1S/2C8H8O.C7H8O.C7H8/c2*1-7(9)8-5-3-2-4-6-8;1-8-7-5-3-2-4-6-7;1-7-5-3-2-4-6-7/h2*2-6H,1H3;2-6H,1H3;2-6H,1H3. The van der Waals surface area contributed by atoms with Crippen LogP contribution in [0.15, 0.2) is 121 Å². The van der Waals surface area contributed by atoms with E-state index in [9.17, 15) is 9.59 Å². The summed E-state index contributed by atoms with van der Waals surface area (Å²) >= 11 is 0. The molecule has 0 N–H and O–H groups in total. The molecule has 0 heterocycles. The lowest BCUT2D eigenvalue weighted by Crippen LogP contribution is -1.88. The zero-order valence-corrected chi connectivity index (χ0v) is 19.8. The Hall–Kier alpha value is -3.98. The number of carbonyl (C=O) groups excluding carboxylic acids is 2. The third-order valence-electron chi connectivity index (χ3n) is 4.28. The molecule has 4 aromatic rings. The molecule has 0 spiro atoms. The lowest BCUT2D eigenvalue weighted by Gasteiger charge is -1.93. The molecule has 3 nitrogen and oxygen atoms in total. The normalized spacial score (nSPS) is 8.85. The number of ketones is 2. The minimum Gasteiger partial charge on any atom is -0.497 e. The van der Waals surface area contributed by atoms with Crippen LogP contribution >= 0.6 is 0 Å². The molecule has 0 aromatic heterocycles. The number of ether oxygens (including phenoxy) is 1. The molecule has 4 rings (SSSR count). The summed E-state index contributed by atoms with van der Waals surface area (Å²) in [7, 11) is 1.66. The molecule has 0 fully saturated rings. The lowest BCUT2D eigenvalue weighted by atomic mass is 10.2. The van der Waals surface area contributed by atoms with E-state index in [-0.39, 0.29) is 11.6 Å². The molecular formula is C30H32O3. The maximum absolute atomic E-state index is 10.6. The molecule has 0 radical (unpaired) electrons. The second kappa shape index (κ2) is 16.7. The molecule has 0 aliphatic carbocycles. The van der Waals surface area contributed by atoms with Crippen LogP contribution in [0.4, 0.5) is 0 Å². The summed E-state index contributed by atoms with van der Waals surface area (Å²) < 4.78 is 4.91. The Morgan fingerprint density at radius 1 is 0.515 bits per heavy atom. The number of Topliss-reactive ketones (excluding diaryl/α,β-unsaturated/α-hetero) is 2. The van der Waals surface area contributed by atoms with Gasteiger partial charge < -0.3 is 4.74 Å². The van der Waals surface area contributed by atoms with E-state index < -0.39 is 0 Å². The molecule has 0 amide bonds. The summed E-state index contributed by atoms with van der Waals surface area (Å²) in [6, 6.07) is 38.4. The van der Waals surface area contributed by atoms with Gasteiger partial charge in [0.15, 0.2) is 11.6 Å². The largest absolute Gasteiger partial charge is 0.497 e. The van der Waals surface area contributed by atoms with Crippen LogP contribution in [-0.2, 0) is 0 Å². The maximum Gasteiger partial charge on any atom is 0.159 e. The molecular weight excluding hydrogens is 408 g/mol. The van der Waals surface area contributed by atoms with Crippen LogP contribution in [0, 0.1) is 6.92 Å². The van der Waals surface area contributed by atoms with Gasteiger partial charge in [-0.3, -0.25) is 9.59 Å². The van der Waals surface area contributed by atoms with Crippen LogP contribution in [0.3, 0.4) is 0 Å². The van der Waals surface area contributed by atoms with Gasteiger partial charge in [-0.2, -0.15) is 0 Å². The van der Waals surface area contributed by atoms with Crippen LogP contribution in [0.2, 0.25) is 0 Å². The number of hydrogen-bond acceptors (Lipinski definition) is 3. The van der Waals surface area contributed by atoms with Crippen molar-refractivity contribution in [3.63, 3.8) is 0 Å². The van der Waals surface area contributed by atoms with Crippen molar-refractivity contribution in [3.8, 4) is 5.75 Å². The molecule has 33 heavy (non-hydrogen) atoms. The molecule has 0 saturated heterocycles. The van der Waals surface area contributed by atoms with Gasteiger partial charge in [-0.1, -0.05) is 115 Å². The monoisotopic (exact) mass is 440 g/mol. The smallest absolute Gasteiger partial charge is 0.159 e. The van der Waals surface area contributed by atoms with Gasteiger partial charge >= 0.3 is 0 Å². The number of carbonyl (C=O) groups is 2. The minimum atomic E-state index is 0.121. The number of aryl methyl sites for hydroxylation is 1. The Labute approximate surface area is 197 Å². The molecule has 3 heteroatoms. The highest BCUT2D eigenvalue weighted by molar-refractivity contribution is 5.94. The van der Waals surface area contributed by atoms with Crippen molar-refractivity contribution in [3.05, 3.63) is 138 Å². The summed E-state index contributed by atoms with van der Waals surface area (Å²) in [6.07, 6.45) is 0. The molecule has 0 atom stereocenters. The van der Waals surface area contributed by atoms with Crippen molar-refractivity contribution in [2.45, 2.75) is 20.8 Å². The van der Waals surface area contributed by atoms with Gasteiger partial charge in [0.25, 0.3) is 0 Å². The fourth-order valence-electron chi connectivity index (χ4n) is 2.44. The van der Waals surface area contributed by atoms with Crippen molar-refractivity contribution in [1.82, 2.24) is 0 Å². The van der Waals surface area contributed by atoms with E-state index in [4.69, 9.17) is 4.74 Å². The zero-order chi connectivity index (χ0) is 24.3. The highest BCUT2D eigenvalue weighted by Crippen LogP contribution is 2.05. The van der Waals surface area contributed by atoms with Gasteiger partial charge in [0.05, 0.1) is 7.11 Å². The Morgan fingerprint density at radius 3 is 1.00 bits per heavy atom. The third-order valence-corrected chi connectivity index (χ3v) is 4.28. The summed E-state index contributed by atoms with van der Waals surface area (Å²) in [5.74, 6) is 1.15. The maximum atomic E-state index is 10.6. The first-order valence-corrected chi connectivity index (χ1v) is 10.7. The second-order valence-electron chi connectivity index (χ2n) is 7.02. The number of hydrogen-bond donors (Lipinski definition) is 0. The van der Waals surface area contributed by atoms with Crippen molar-refractivity contribution in [1.29, 1.82) is 0 Å². The summed E-state index contributed by atoms with van der Waals surface area (Å²) in [4.78, 5) is 21.3. The fraction of sp³-hybridized carbons (Fsp3) is 0.133. The quantitative estimate of drug-likeness (QED) is 0.310. The molecule has 0 aliphatic rings. The van der Waals surface area contributed by atoms with Crippen LogP contribution in [0.25, 0.3) is 0 Å². The summed E-state index contributed by atoms with van der Waals surface area (Å²) in [5.41, 5.74) is 2.87. The van der Waals surface area contributed by atoms with Crippen LogP contribution < -0.4 is 4.74 Å². The predicted octanol–water partition coefficient (Wildman–Crippen LogP) is 7.47. The molecule has 4 aromatic carbocycles. The SMILES string of the molecule is CC(=O)c1ccccc1.CC(=O)c1ccccc1.COc1ccccc1.Cc1ccccc1. The number of para-hydroxylation sites is 1. The first kappa shape index (κ1) is 27.1. The van der Waals surface area contributed by atoms with E-state index in [0.29, 0.717) is 0 Å². The molecule has 0 unspecified atom stereocenters. The molecule has 0 aliphatic heterocycles. The van der Waals surface area contributed by atoms with Crippen LogP contribution in [0.1, 0.15) is 40.1 Å². The Bertz CT molecular complexity index is 979. The first-order valence-electron chi connectivity index (χ1n) is 10.7. The van der Waals surface area contributed by atoms with E-state index in [1.54, 1.807) is 21.0 Å². The average molecular weight is 441 g/mol. The number of methoxy groups -OCH3 is 1. The van der Waals surface area contributed by atoms with E-state index in [1.165, 1.54) is 5.56 Å². The Kier molecular flexibility index (Phi) is 13.7. The summed E-state index contributed by atoms with van der Waals surface area (Å²) in [5, 5.41) is 0. The Morgan fingerprint density at radius 2 is 0.818 bits per heavy atom. The van der Waals surface area contributed by atoms with E-state index in [1.807, 2.05) is 109 Å². The van der Waals surface area contributed by atoms with Gasteiger partial charge in [0.1, 0.15) is 5.75 Å². The van der Waals surface area contributed by atoms with Crippen molar-refractivity contribution >= 4 is 11.6 Å². The minimum absolute atomic E-state index is 0.121. The Balaban J connectivity index is 0.000000221. The van der Waals surface area contributed by atoms with Gasteiger partial charge in [-0.05, 0) is 32.9 Å². The van der Waals surface area contributed by atoms with Gasteiger partial charge in [0, 0.05) is 11.1 Å². The predicted molar refractivity (Wildman–Crippen MR) is 137 cm³/mol. The van der Waals surface area contributed by atoms with Crippen LogP contribution in [-0.4, -0.2) is 18.7 Å². The lowest BCUT2D eigenvalue weighted by molar-refractivity contribution is 0.100. The van der Waals surface area contributed by atoms with E-state index >= 15 is 0 Å². The number of rotatable bonds is 3. The second-order valence-corrected chi connectivity index (χ2v) is 7.02. The first-order chi connectivity index (χ1) is 15.9. The highest BCUT2D eigenvalue weighted by Gasteiger charge is 1.93. The average Bonchev–Trinajstić information content (AvgIpc) is 2.87. The van der Waals surface area contributed by atoms with Gasteiger partial charge in [0.2, 0.25) is 0 Å². The fourth-order valence-corrected chi connectivity index (χ4v) is 2.44. The van der Waals surface area contributed by atoms with Crippen molar-refractivity contribution in [2.75, 3.05) is 7.11 Å². The van der Waals surface area contributed by atoms with Crippen LogP contribution in [0.5, 0.6) is 5.75 Å². The van der Waals surface area contributed by atoms with Gasteiger partial charge in [-0.25, -0.2) is 0 Å². The van der Waals surface area contributed by atoms with E-state index in [2.05, 4.69) is 19.1 Å². The summed E-state index contributed by atoms with van der Waals surface area (Å²) in [6.45, 7) is 5.21. The molecule has 0 bridgehead atoms. The van der Waals surface area contributed by atoms with E-state index in [0.717, 1.165) is 16.9 Å². The zero-order valence-electron chi connectivity index (χ0n) is 19.8. The third kappa shape index (κ3) is 13.1. The topological polar surface area (TPSA) is 43.4 Å². The molecule has 170 valence electrons. The van der Waals surface area contributed by atoms with Crippen molar-refractivity contribution < 1.29 is 14.3 Å². The highest BCUT2D eigenvalue weighted by atomic mass is 16.5. The van der Waals surface area contributed by atoms with Gasteiger partial charge in [-0.15, -0.1) is 0 Å². The van der Waals surface area contributed by atoms with Crippen molar-refractivity contribution in [2.24, 2.45) is 0 Å². The molecule has 0 saturated carbocycles.